The van der Waals surface area contributed by atoms with E-state index in [1.54, 1.807) is 6.07 Å². The summed E-state index contributed by atoms with van der Waals surface area (Å²) in [4.78, 5) is 10.8. The van der Waals surface area contributed by atoms with E-state index in [0.717, 1.165) is 17.7 Å². The molecule has 0 radical (unpaired) electrons. The molecule has 0 aromatic heterocycles. The molecule has 0 fully saturated rings. The van der Waals surface area contributed by atoms with Crippen LogP contribution in [0.15, 0.2) is 42.5 Å². The van der Waals surface area contributed by atoms with Gasteiger partial charge >= 0.3 is 5.97 Å². The molecular weight excluding hydrogens is 242 g/mol. The van der Waals surface area contributed by atoms with Crippen LogP contribution in [0.2, 0.25) is 0 Å². The Balaban J connectivity index is 2.31. The second-order valence-electron chi connectivity index (χ2n) is 4.12. The zero-order chi connectivity index (χ0) is 13.8. The molecule has 0 aliphatic rings. The van der Waals surface area contributed by atoms with Gasteiger partial charge in [0.05, 0.1) is 11.3 Å². The zero-order valence-electron chi connectivity index (χ0n) is 10.6. The molecule has 2 aromatic carbocycles. The molecule has 2 aromatic rings. The molecule has 0 unspecified atom stereocenters. The second-order valence-corrected chi connectivity index (χ2v) is 4.12. The van der Waals surface area contributed by atoms with Crippen molar-refractivity contribution < 1.29 is 14.6 Å². The second kappa shape index (κ2) is 5.44. The average molecular weight is 257 g/mol. The minimum Gasteiger partial charge on any atom is -0.478 e. The molecule has 98 valence electrons. The van der Waals surface area contributed by atoms with Gasteiger partial charge in [-0.15, -0.1) is 0 Å². The van der Waals surface area contributed by atoms with Crippen molar-refractivity contribution in [2.45, 2.75) is 13.3 Å². The summed E-state index contributed by atoms with van der Waals surface area (Å²) >= 11 is 0. The molecular formula is C15H15NO3. The lowest BCUT2D eigenvalue weighted by molar-refractivity contribution is 0.0697. The molecule has 3 N–H and O–H groups in total. The quantitative estimate of drug-likeness (QED) is 0.824. The molecule has 0 aliphatic heterocycles. The van der Waals surface area contributed by atoms with E-state index in [0.29, 0.717) is 11.4 Å². The van der Waals surface area contributed by atoms with Gasteiger partial charge in [0, 0.05) is 0 Å². The molecule has 0 aliphatic carbocycles. The number of carboxylic acid groups (broad SMARTS) is 1. The summed E-state index contributed by atoms with van der Waals surface area (Å²) in [5, 5.41) is 8.88. The van der Waals surface area contributed by atoms with Crippen LogP contribution >= 0.6 is 0 Å². The number of ether oxygens (including phenoxy) is 1. The van der Waals surface area contributed by atoms with Gasteiger partial charge in [-0.3, -0.25) is 0 Å². The highest BCUT2D eigenvalue weighted by atomic mass is 16.5. The fraction of sp³-hybridized carbons (Fsp3) is 0.133. The molecule has 4 nitrogen and oxygen atoms in total. The molecule has 0 atom stereocenters. The van der Waals surface area contributed by atoms with E-state index < -0.39 is 5.97 Å². The van der Waals surface area contributed by atoms with Gasteiger partial charge in [0.2, 0.25) is 0 Å². The first-order valence-corrected chi connectivity index (χ1v) is 6.00. The van der Waals surface area contributed by atoms with E-state index in [1.807, 2.05) is 31.2 Å². The number of aryl methyl sites for hydroxylation is 1. The number of hydrogen-bond acceptors (Lipinski definition) is 3. The van der Waals surface area contributed by atoms with Crippen molar-refractivity contribution in [3.8, 4) is 11.5 Å². The lowest BCUT2D eigenvalue weighted by Gasteiger charge is -2.12. The number of hydrogen-bond donors (Lipinski definition) is 2. The summed E-state index contributed by atoms with van der Waals surface area (Å²) in [6.45, 7) is 2.04. The molecule has 0 spiro atoms. The third-order valence-corrected chi connectivity index (χ3v) is 2.83. The van der Waals surface area contributed by atoms with Crippen LogP contribution < -0.4 is 10.5 Å². The summed E-state index contributed by atoms with van der Waals surface area (Å²) in [6.07, 6.45) is 0.850. The van der Waals surface area contributed by atoms with Crippen LogP contribution in [0.1, 0.15) is 22.8 Å². The minimum atomic E-state index is -1.01. The Labute approximate surface area is 111 Å². The van der Waals surface area contributed by atoms with Crippen molar-refractivity contribution in [3.05, 3.63) is 53.6 Å². The van der Waals surface area contributed by atoms with Crippen LogP contribution in [0.3, 0.4) is 0 Å². The minimum absolute atomic E-state index is 0.147. The van der Waals surface area contributed by atoms with Crippen molar-refractivity contribution in [2.24, 2.45) is 0 Å². The summed E-state index contributed by atoms with van der Waals surface area (Å²) in [6, 6.07) is 12.1. The molecule has 0 saturated carbocycles. The number of nitrogens with two attached hydrogens (primary N) is 1. The molecule has 4 heteroatoms. The number of anilines is 1. The van der Waals surface area contributed by atoms with Gasteiger partial charge in [0.25, 0.3) is 0 Å². The molecule has 0 bridgehead atoms. The highest BCUT2D eigenvalue weighted by molar-refractivity contribution is 5.89. The zero-order valence-corrected chi connectivity index (χ0v) is 10.6. The number of nitrogen functional groups attached to an aromatic ring is 1. The maximum atomic E-state index is 10.8. The first kappa shape index (κ1) is 13.0. The molecule has 0 saturated heterocycles. The maximum Gasteiger partial charge on any atom is 0.335 e. The standard InChI is InChI=1S/C15H15NO3/c1-2-10-5-3-4-6-13(10)19-14-8-7-11(15(17)18)9-12(14)16/h3-9H,2,16H2,1H3,(H,17,18). The van der Waals surface area contributed by atoms with Crippen LogP contribution in [-0.4, -0.2) is 11.1 Å². The highest BCUT2D eigenvalue weighted by Gasteiger charge is 2.09. The number of rotatable bonds is 4. The normalized spacial score (nSPS) is 10.2. The Bertz CT molecular complexity index is 608. The van der Waals surface area contributed by atoms with Crippen molar-refractivity contribution >= 4 is 11.7 Å². The van der Waals surface area contributed by atoms with Crippen LogP contribution in [0.25, 0.3) is 0 Å². The van der Waals surface area contributed by atoms with Crippen LogP contribution in [0, 0.1) is 0 Å². The molecule has 0 heterocycles. The summed E-state index contributed by atoms with van der Waals surface area (Å²) < 4.78 is 5.75. The number of benzene rings is 2. The average Bonchev–Trinajstić information content (AvgIpc) is 2.41. The van der Waals surface area contributed by atoms with Crippen LogP contribution in [-0.2, 0) is 6.42 Å². The van der Waals surface area contributed by atoms with Gasteiger partial charge < -0.3 is 15.6 Å². The number of carboxylic acids is 1. The first-order chi connectivity index (χ1) is 9.11. The van der Waals surface area contributed by atoms with Crippen LogP contribution in [0.4, 0.5) is 5.69 Å². The van der Waals surface area contributed by atoms with E-state index >= 15 is 0 Å². The van der Waals surface area contributed by atoms with Gasteiger partial charge in [-0.2, -0.15) is 0 Å². The van der Waals surface area contributed by atoms with Crippen molar-refractivity contribution in [2.75, 3.05) is 5.73 Å². The fourth-order valence-corrected chi connectivity index (χ4v) is 1.79. The fourth-order valence-electron chi connectivity index (χ4n) is 1.79. The van der Waals surface area contributed by atoms with Gasteiger partial charge in [0.1, 0.15) is 11.5 Å². The Morgan fingerprint density at radius 2 is 1.95 bits per heavy atom. The third-order valence-electron chi connectivity index (χ3n) is 2.83. The van der Waals surface area contributed by atoms with Crippen molar-refractivity contribution in [1.82, 2.24) is 0 Å². The Morgan fingerprint density at radius 1 is 1.21 bits per heavy atom. The van der Waals surface area contributed by atoms with Gasteiger partial charge in [-0.05, 0) is 36.2 Å². The van der Waals surface area contributed by atoms with Crippen LogP contribution in [0.5, 0.6) is 11.5 Å². The lowest BCUT2D eigenvalue weighted by Crippen LogP contribution is -2.00. The Morgan fingerprint density at radius 3 is 2.58 bits per heavy atom. The summed E-state index contributed by atoms with van der Waals surface area (Å²) in [7, 11) is 0. The third kappa shape index (κ3) is 2.85. The van der Waals surface area contributed by atoms with Gasteiger partial charge in [-0.25, -0.2) is 4.79 Å². The Kier molecular flexibility index (Phi) is 3.71. The summed E-state index contributed by atoms with van der Waals surface area (Å²) in [5.74, 6) is 0.192. The van der Waals surface area contributed by atoms with Gasteiger partial charge in [0.15, 0.2) is 0 Å². The molecule has 19 heavy (non-hydrogen) atoms. The van der Waals surface area contributed by atoms with E-state index in [9.17, 15) is 4.79 Å². The van der Waals surface area contributed by atoms with Crippen molar-refractivity contribution in [3.63, 3.8) is 0 Å². The monoisotopic (exact) mass is 257 g/mol. The number of carbonyl (C=O) groups is 1. The SMILES string of the molecule is CCc1ccccc1Oc1ccc(C(=O)O)cc1N. The van der Waals surface area contributed by atoms with E-state index in [1.165, 1.54) is 12.1 Å². The summed E-state index contributed by atoms with van der Waals surface area (Å²) in [5.41, 5.74) is 7.34. The predicted molar refractivity (Wildman–Crippen MR) is 73.7 cm³/mol. The Hall–Kier alpha value is -2.49. The smallest absolute Gasteiger partial charge is 0.335 e. The topological polar surface area (TPSA) is 72.5 Å². The number of para-hydroxylation sites is 1. The van der Waals surface area contributed by atoms with E-state index in [4.69, 9.17) is 15.6 Å². The highest BCUT2D eigenvalue weighted by Crippen LogP contribution is 2.30. The maximum absolute atomic E-state index is 10.8. The van der Waals surface area contributed by atoms with Crippen molar-refractivity contribution in [1.29, 1.82) is 0 Å². The van der Waals surface area contributed by atoms with E-state index in [2.05, 4.69) is 0 Å². The largest absolute Gasteiger partial charge is 0.478 e. The lowest BCUT2D eigenvalue weighted by atomic mass is 10.1. The molecule has 0 amide bonds. The number of aromatic carboxylic acids is 1. The first-order valence-electron chi connectivity index (χ1n) is 6.00. The van der Waals surface area contributed by atoms with Gasteiger partial charge in [-0.1, -0.05) is 25.1 Å². The van der Waals surface area contributed by atoms with E-state index in [-0.39, 0.29) is 5.56 Å². The predicted octanol–water partition coefficient (Wildman–Crippen LogP) is 3.32. The molecule has 2 rings (SSSR count).